The van der Waals surface area contributed by atoms with Crippen molar-refractivity contribution in [1.29, 1.82) is 0 Å². The minimum Gasteiger partial charge on any atom is -0.368 e. The molecule has 140 valence electrons. The summed E-state index contributed by atoms with van der Waals surface area (Å²) in [5.41, 5.74) is 1.60. The third kappa shape index (κ3) is 4.59. The number of carbonyl (C=O) groups is 1. The van der Waals surface area contributed by atoms with Gasteiger partial charge in [-0.3, -0.25) is 14.9 Å². The Morgan fingerprint density at radius 3 is 2.15 bits per heavy atom. The van der Waals surface area contributed by atoms with Crippen LogP contribution < -0.4 is 4.90 Å². The van der Waals surface area contributed by atoms with Crippen LogP contribution in [0.2, 0.25) is 10.0 Å². The van der Waals surface area contributed by atoms with Gasteiger partial charge in [0.25, 0.3) is 5.69 Å². The molecule has 0 unspecified atom stereocenters. The van der Waals surface area contributed by atoms with E-state index in [1.54, 1.807) is 41.3 Å². The first-order valence-electron chi connectivity index (χ1n) is 8.36. The molecule has 2 aromatic rings. The molecule has 1 heterocycles. The number of benzene rings is 2. The fraction of sp³-hybridized carbons (Fsp3) is 0.211. The molecule has 1 amide bonds. The zero-order valence-electron chi connectivity index (χ0n) is 14.3. The Bertz CT molecular complexity index is 856. The third-order valence-corrected chi connectivity index (χ3v) is 5.07. The Balaban J connectivity index is 1.59. The van der Waals surface area contributed by atoms with E-state index >= 15 is 0 Å². The molecule has 1 aliphatic rings. The van der Waals surface area contributed by atoms with Crippen LogP contribution in [-0.4, -0.2) is 41.9 Å². The van der Waals surface area contributed by atoms with Gasteiger partial charge in [-0.05, 0) is 30.3 Å². The number of non-ortho nitro benzene ring substituents is 1. The van der Waals surface area contributed by atoms with Crippen LogP contribution in [0.25, 0.3) is 6.08 Å². The topological polar surface area (TPSA) is 66.7 Å². The Morgan fingerprint density at radius 1 is 1.00 bits per heavy atom. The lowest BCUT2D eigenvalue weighted by molar-refractivity contribution is -0.384. The standard InChI is InChI=1S/C19H17Cl2N3O3/c20-17-2-1-3-18(21)16(17)8-9-19(25)23-12-10-22(11-13-23)14-4-6-15(7-5-14)24(26)27/h1-9H,10-13H2. The highest BCUT2D eigenvalue weighted by Crippen LogP contribution is 2.25. The Morgan fingerprint density at radius 2 is 1.59 bits per heavy atom. The number of anilines is 1. The summed E-state index contributed by atoms with van der Waals surface area (Å²) in [6.45, 7) is 2.45. The van der Waals surface area contributed by atoms with E-state index in [1.165, 1.54) is 18.2 Å². The number of amides is 1. The maximum atomic E-state index is 12.4. The van der Waals surface area contributed by atoms with Crippen LogP contribution >= 0.6 is 23.2 Å². The van der Waals surface area contributed by atoms with E-state index in [0.29, 0.717) is 41.8 Å². The van der Waals surface area contributed by atoms with E-state index in [1.807, 2.05) is 0 Å². The first-order chi connectivity index (χ1) is 13.0. The minimum atomic E-state index is -0.419. The summed E-state index contributed by atoms with van der Waals surface area (Å²) in [6.07, 6.45) is 3.12. The molecular formula is C19H17Cl2N3O3. The van der Waals surface area contributed by atoms with Gasteiger partial charge in [0.1, 0.15) is 0 Å². The lowest BCUT2D eigenvalue weighted by atomic mass is 10.2. The highest BCUT2D eigenvalue weighted by molar-refractivity contribution is 6.37. The van der Waals surface area contributed by atoms with E-state index in [2.05, 4.69) is 4.90 Å². The Hall–Kier alpha value is -2.57. The normalized spacial score (nSPS) is 14.6. The number of halogens is 2. The highest BCUT2D eigenvalue weighted by Gasteiger charge is 2.20. The summed E-state index contributed by atoms with van der Waals surface area (Å²) in [6, 6.07) is 11.6. The molecule has 1 fully saturated rings. The fourth-order valence-corrected chi connectivity index (χ4v) is 3.42. The Kier molecular flexibility index (Phi) is 5.98. The van der Waals surface area contributed by atoms with Crippen molar-refractivity contribution in [1.82, 2.24) is 4.90 Å². The average Bonchev–Trinajstić information content (AvgIpc) is 2.67. The van der Waals surface area contributed by atoms with E-state index in [9.17, 15) is 14.9 Å². The lowest BCUT2D eigenvalue weighted by Gasteiger charge is -2.35. The molecule has 6 nitrogen and oxygen atoms in total. The van der Waals surface area contributed by atoms with Gasteiger partial charge in [0.2, 0.25) is 5.91 Å². The van der Waals surface area contributed by atoms with Crippen molar-refractivity contribution in [2.24, 2.45) is 0 Å². The summed E-state index contributed by atoms with van der Waals surface area (Å²) in [4.78, 5) is 26.6. The number of rotatable bonds is 4. The van der Waals surface area contributed by atoms with E-state index in [4.69, 9.17) is 23.2 Å². The lowest BCUT2D eigenvalue weighted by Crippen LogP contribution is -2.48. The zero-order valence-corrected chi connectivity index (χ0v) is 15.9. The molecule has 3 rings (SSSR count). The average molecular weight is 406 g/mol. The molecule has 0 spiro atoms. The number of nitro benzene ring substituents is 1. The first kappa shape index (κ1) is 19.2. The molecule has 1 saturated heterocycles. The van der Waals surface area contributed by atoms with Crippen LogP contribution in [0.4, 0.5) is 11.4 Å². The molecule has 27 heavy (non-hydrogen) atoms. The van der Waals surface area contributed by atoms with Gasteiger partial charge in [-0.15, -0.1) is 0 Å². The second-order valence-electron chi connectivity index (χ2n) is 6.05. The van der Waals surface area contributed by atoms with Crippen molar-refractivity contribution in [3.05, 3.63) is 74.3 Å². The SMILES string of the molecule is O=C(C=Cc1c(Cl)cccc1Cl)N1CCN(c2ccc([N+](=O)[O-])cc2)CC1. The highest BCUT2D eigenvalue weighted by atomic mass is 35.5. The number of carbonyl (C=O) groups excluding carboxylic acids is 1. The third-order valence-electron chi connectivity index (χ3n) is 4.41. The van der Waals surface area contributed by atoms with Crippen molar-refractivity contribution in [3.8, 4) is 0 Å². The molecule has 0 saturated carbocycles. The van der Waals surface area contributed by atoms with Crippen LogP contribution in [0.3, 0.4) is 0 Å². The maximum Gasteiger partial charge on any atom is 0.269 e. The number of nitrogens with zero attached hydrogens (tertiary/aromatic N) is 3. The number of piperazine rings is 1. The first-order valence-corrected chi connectivity index (χ1v) is 9.11. The van der Waals surface area contributed by atoms with Crippen LogP contribution in [0.1, 0.15) is 5.56 Å². The summed E-state index contributed by atoms with van der Waals surface area (Å²) in [7, 11) is 0. The van der Waals surface area contributed by atoms with Gasteiger partial charge in [-0.25, -0.2) is 0 Å². The van der Waals surface area contributed by atoms with Crippen LogP contribution in [0, 0.1) is 10.1 Å². The zero-order chi connectivity index (χ0) is 19.4. The summed E-state index contributed by atoms with van der Waals surface area (Å²) in [5, 5.41) is 11.7. The molecule has 2 aromatic carbocycles. The fourth-order valence-electron chi connectivity index (χ4n) is 2.90. The minimum absolute atomic E-state index is 0.0657. The Labute approximate surface area is 166 Å². The smallest absolute Gasteiger partial charge is 0.269 e. The van der Waals surface area contributed by atoms with E-state index in [0.717, 1.165) is 5.69 Å². The monoisotopic (exact) mass is 405 g/mol. The van der Waals surface area contributed by atoms with Gasteiger partial charge in [0.05, 0.1) is 4.92 Å². The molecular weight excluding hydrogens is 389 g/mol. The molecule has 0 aliphatic carbocycles. The number of nitro groups is 1. The van der Waals surface area contributed by atoms with Crippen molar-refractivity contribution in [2.45, 2.75) is 0 Å². The van der Waals surface area contributed by atoms with Gasteiger partial charge in [0.15, 0.2) is 0 Å². The van der Waals surface area contributed by atoms with Crippen molar-refractivity contribution < 1.29 is 9.72 Å². The molecule has 0 radical (unpaired) electrons. The largest absolute Gasteiger partial charge is 0.368 e. The van der Waals surface area contributed by atoms with Gasteiger partial charge < -0.3 is 9.80 Å². The molecule has 0 aromatic heterocycles. The quantitative estimate of drug-likeness (QED) is 0.432. The molecule has 0 atom stereocenters. The van der Waals surface area contributed by atoms with Gasteiger partial charge in [0, 0.05) is 65.7 Å². The maximum absolute atomic E-state index is 12.4. The van der Waals surface area contributed by atoms with E-state index in [-0.39, 0.29) is 11.6 Å². The van der Waals surface area contributed by atoms with E-state index < -0.39 is 4.92 Å². The number of hydrogen-bond donors (Lipinski definition) is 0. The summed E-state index contributed by atoms with van der Waals surface area (Å²) < 4.78 is 0. The predicted molar refractivity (Wildman–Crippen MR) is 107 cm³/mol. The summed E-state index contributed by atoms with van der Waals surface area (Å²) in [5.74, 6) is -0.102. The van der Waals surface area contributed by atoms with Crippen LogP contribution in [-0.2, 0) is 4.79 Å². The molecule has 0 bridgehead atoms. The summed E-state index contributed by atoms with van der Waals surface area (Å²) >= 11 is 12.2. The van der Waals surface area contributed by atoms with Crippen molar-refractivity contribution >= 4 is 46.6 Å². The molecule has 1 aliphatic heterocycles. The second kappa shape index (κ2) is 8.41. The van der Waals surface area contributed by atoms with Gasteiger partial charge >= 0.3 is 0 Å². The van der Waals surface area contributed by atoms with Gasteiger partial charge in [-0.1, -0.05) is 29.3 Å². The second-order valence-corrected chi connectivity index (χ2v) is 6.87. The van der Waals surface area contributed by atoms with Crippen molar-refractivity contribution in [3.63, 3.8) is 0 Å². The van der Waals surface area contributed by atoms with Crippen LogP contribution in [0.15, 0.2) is 48.5 Å². The van der Waals surface area contributed by atoms with Crippen molar-refractivity contribution in [2.75, 3.05) is 31.1 Å². The molecule has 0 N–H and O–H groups in total. The predicted octanol–water partition coefficient (Wildman–Crippen LogP) is 4.26. The van der Waals surface area contributed by atoms with Crippen LogP contribution in [0.5, 0.6) is 0 Å². The molecule has 8 heteroatoms. The number of hydrogen-bond acceptors (Lipinski definition) is 4. The van der Waals surface area contributed by atoms with Gasteiger partial charge in [-0.2, -0.15) is 0 Å².